The van der Waals surface area contributed by atoms with Crippen LogP contribution in [0.5, 0.6) is 11.5 Å². The molecule has 6 nitrogen and oxygen atoms in total. The molecule has 7 heteroatoms. The van der Waals surface area contributed by atoms with Crippen LogP contribution in [0.2, 0.25) is 0 Å². The van der Waals surface area contributed by atoms with E-state index in [1.54, 1.807) is 19.1 Å². The predicted molar refractivity (Wildman–Crippen MR) is 145 cm³/mol. The Balaban J connectivity index is 1.81. The van der Waals surface area contributed by atoms with Crippen LogP contribution in [0, 0.1) is 0 Å². The zero-order chi connectivity index (χ0) is 25.8. The number of methoxy groups -OCH3 is 2. The van der Waals surface area contributed by atoms with Crippen LogP contribution in [0.25, 0.3) is 0 Å². The highest BCUT2D eigenvalue weighted by molar-refractivity contribution is 7.99. The molecule has 0 bridgehead atoms. The number of ether oxygens (including phenoxy) is 2. The van der Waals surface area contributed by atoms with Crippen LogP contribution in [0.15, 0.2) is 78.9 Å². The van der Waals surface area contributed by atoms with E-state index in [0.29, 0.717) is 31.0 Å². The number of hydrogen-bond acceptors (Lipinski definition) is 5. The first-order valence-corrected chi connectivity index (χ1v) is 13.1. The van der Waals surface area contributed by atoms with Gasteiger partial charge in [-0.2, -0.15) is 0 Å². The minimum absolute atomic E-state index is 0.0801. The number of carbonyl (C=O) groups is 2. The number of rotatable bonds is 13. The van der Waals surface area contributed by atoms with Gasteiger partial charge >= 0.3 is 0 Å². The molecule has 3 rings (SSSR count). The van der Waals surface area contributed by atoms with Crippen molar-refractivity contribution in [3.8, 4) is 11.5 Å². The molecule has 0 aliphatic rings. The van der Waals surface area contributed by atoms with E-state index in [2.05, 4.69) is 5.32 Å². The van der Waals surface area contributed by atoms with Gasteiger partial charge in [-0.1, -0.05) is 54.6 Å². The zero-order valence-corrected chi connectivity index (χ0v) is 21.9. The highest BCUT2D eigenvalue weighted by Crippen LogP contribution is 2.21. The third-order valence-electron chi connectivity index (χ3n) is 5.76. The van der Waals surface area contributed by atoms with Crippen molar-refractivity contribution < 1.29 is 19.1 Å². The maximum atomic E-state index is 13.6. The number of carbonyl (C=O) groups excluding carboxylic acids is 2. The Labute approximate surface area is 218 Å². The normalized spacial score (nSPS) is 11.4. The van der Waals surface area contributed by atoms with Crippen molar-refractivity contribution in [2.45, 2.75) is 31.7 Å². The third kappa shape index (κ3) is 8.05. The lowest BCUT2D eigenvalue weighted by Crippen LogP contribution is -2.51. The summed E-state index contributed by atoms with van der Waals surface area (Å²) < 4.78 is 10.6. The molecule has 0 radical (unpaired) electrons. The van der Waals surface area contributed by atoms with E-state index in [9.17, 15) is 9.59 Å². The first-order valence-electron chi connectivity index (χ1n) is 12.0. The lowest BCUT2D eigenvalue weighted by Gasteiger charge is -2.31. The van der Waals surface area contributed by atoms with Gasteiger partial charge in [-0.3, -0.25) is 9.59 Å². The molecule has 0 fully saturated rings. The molecule has 36 heavy (non-hydrogen) atoms. The molecular weight excluding hydrogens is 472 g/mol. The zero-order valence-electron chi connectivity index (χ0n) is 21.1. The molecule has 3 aromatic carbocycles. The number of nitrogens with one attached hydrogen (secondary N) is 1. The summed E-state index contributed by atoms with van der Waals surface area (Å²) in [5, 5.41) is 2.93. The molecule has 0 aromatic heterocycles. The topological polar surface area (TPSA) is 67.9 Å². The first-order chi connectivity index (χ1) is 17.5. The maximum Gasteiger partial charge on any atom is 0.243 e. The first kappa shape index (κ1) is 27.1. The molecule has 0 unspecified atom stereocenters. The Morgan fingerprint density at radius 3 is 2.22 bits per heavy atom. The highest BCUT2D eigenvalue weighted by atomic mass is 32.2. The average Bonchev–Trinajstić information content (AvgIpc) is 2.91. The van der Waals surface area contributed by atoms with Crippen molar-refractivity contribution in [3.05, 3.63) is 95.6 Å². The van der Waals surface area contributed by atoms with E-state index in [0.717, 1.165) is 22.4 Å². The molecule has 2 amide bonds. The van der Waals surface area contributed by atoms with Crippen molar-refractivity contribution >= 4 is 23.6 Å². The van der Waals surface area contributed by atoms with E-state index in [4.69, 9.17) is 9.47 Å². The molecule has 190 valence electrons. The molecule has 0 aliphatic heterocycles. The summed E-state index contributed by atoms with van der Waals surface area (Å²) in [6, 6.07) is 24.6. The molecule has 0 heterocycles. The fourth-order valence-electron chi connectivity index (χ4n) is 3.87. The lowest BCUT2D eigenvalue weighted by atomic mass is 10.0. The molecule has 0 saturated carbocycles. The third-order valence-corrected chi connectivity index (χ3v) is 6.75. The second-order valence-electron chi connectivity index (χ2n) is 8.31. The minimum atomic E-state index is -0.632. The Hall–Kier alpha value is -3.45. The Bertz CT molecular complexity index is 1110. The van der Waals surface area contributed by atoms with Gasteiger partial charge in [0.2, 0.25) is 11.8 Å². The van der Waals surface area contributed by atoms with E-state index in [-0.39, 0.29) is 17.6 Å². The number of benzene rings is 3. The SMILES string of the molecule is CCNC(=O)[C@H](Cc1ccccc1)N(Cc1cccc(OC)c1)C(=O)CSCc1ccc(OC)cc1. The van der Waals surface area contributed by atoms with Crippen LogP contribution in [-0.2, 0) is 28.3 Å². The van der Waals surface area contributed by atoms with Gasteiger partial charge in [0.15, 0.2) is 0 Å². The van der Waals surface area contributed by atoms with Crippen LogP contribution < -0.4 is 14.8 Å². The molecule has 0 saturated heterocycles. The monoisotopic (exact) mass is 506 g/mol. The second-order valence-corrected chi connectivity index (χ2v) is 9.30. The minimum Gasteiger partial charge on any atom is -0.497 e. The van der Waals surface area contributed by atoms with Crippen LogP contribution in [-0.4, -0.2) is 49.3 Å². The van der Waals surface area contributed by atoms with E-state index < -0.39 is 6.04 Å². The van der Waals surface area contributed by atoms with E-state index >= 15 is 0 Å². The van der Waals surface area contributed by atoms with Crippen molar-refractivity contribution in [2.24, 2.45) is 0 Å². The summed E-state index contributed by atoms with van der Waals surface area (Å²) in [5.41, 5.74) is 3.02. The fraction of sp³-hybridized carbons (Fsp3) is 0.310. The molecule has 0 spiro atoms. The summed E-state index contributed by atoms with van der Waals surface area (Å²) in [5.74, 6) is 2.23. The summed E-state index contributed by atoms with van der Waals surface area (Å²) in [4.78, 5) is 28.5. The lowest BCUT2D eigenvalue weighted by molar-refractivity contribution is -0.139. The standard InChI is InChI=1S/C29H34N2O4S/c1-4-30-29(33)27(18-22-9-6-5-7-10-22)31(19-24-11-8-12-26(17-24)35-3)28(32)21-36-20-23-13-15-25(34-2)16-14-23/h5-17,27H,4,18-21H2,1-3H3,(H,30,33)/t27-/m0/s1. The Morgan fingerprint density at radius 1 is 0.861 bits per heavy atom. The molecule has 1 N–H and O–H groups in total. The van der Waals surface area contributed by atoms with Gasteiger partial charge in [-0.05, 0) is 47.9 Å². The van der Waals surface area contributed by atoms with Gasteiger partial charge in [0.1, 0.15) is 17.5 Å². The predicted octanol–water partition coefficient (Wildman–Crippen LogP) is 4.71. The van der Waals surface area contributed by atoms with Gasteiger partial charge < -0.3 is 19.7 Å². The summed E-state index contributed by atoms with van der Waals surface area (Å²) >= 11 is 1.53. The molecule has 3 aromatic rings. The van der Waals surface area contributed by atoms with E-state index in [1.807, 2.05) is 85.8 Å². The second kappa shape index (κ2) is 14.2. The number of thioether (sulfide) groups is 1. The van der Waals surface area contributed by atoms with Crippen LogP contribution >= 0.6 is 11.8 Å². The Kier molecular flexibility index (Phi) is 10.7. The van der Waals surface area contributed by atoms with E-state index in [1.165, 1.54) is 11.8 Å². The average molecular weight is 507 g/mol. The number of likely N-dealkylation sites (N-methyl/N-ethyl adjacent to an activating group) is 1. The van der Waals surface area contributed by atoms with Gasteiger partial charge in [0.05, 0.1) is 20.0 Å². The van der Waals surface area contributed by atoms with Gasteiger partial charge in [0, 0.05) is 25.3 Å². The van der Waals surface area contributed by atoms with Crippen molar-refractivity contribution in [1.82, 2.24) is 10.2 Å². The smallest absolute Gasteiger partial charge is 0.243 e. The fourth-order valence-corrected chi connectivity index (χ4v) is 4.75. The molecular formula is C29H34N2O4S. The molecule has 1 atom stereocenters. The number of amides is 2. The van der Waals surface area contributed by atoms with Crippen molar-refractivity contribution in [3.63, 3.8) is 0 Å². The van der Waals surface area contributed by atoms with Gasteiger partial charge in [-0.25, -0.2) is 0 Å². The van der Waals surface area contributed by atoms with Gasteiger partial charge in [0.25, 0.3) is 0 Å². The summed E-state index contributed by atoms with van der Waals surface area (Å²) in [7, 11) is 3.25. The number of nitrogens with zero attached hydrogens (tertiary/aromatic N) is 1. The summed E-state index contributed by atoms with van der Waals surface area (Å²) in [6.45, 7) is 2.70. The highest BCUT2D eigenvalue weighted by Gasteiger charge is 2.30. The van der Waals surface area contributed by atoms with Crippen molar-refractivity contribution in [2.75, 3.05) is 26.5 Å². The van der Waals surface area contributed by atoms with Crippen LogP contribution in [0.3, 0.4) is 0 Å². The maximum absolute atomic E-state index is 13.6. The molecule has 0 aliphatic carbocycles. The quantitative estimate of drug-likeness (QED) is 0.364. The largest absolute Gasteiger partial charge is 0.497 e. The number of hydrogen-bond donors (Lipinski definition) is 1. The summed E-state index contributed by atoms with van der Waals surface area (Å²) in [6.07, 6.45) is 0.436. The van der Waals surface area contributed by atoms with Crippen molar-refractivity contribution in [1.29, 1.82) is 0 Å². The Morgan fingerprint density at radius 2 is 1.56 bits per heavy atom. The van der Waals surface area contributed by atoms with Gasteiger partial charge in [-0.15, -0.1) is 11.8 Å². The van der Waals surface area contributed by atoms with Crippen LogP contribution in [0.1, 0.15) is 23.6 Å². The van der Waals surface area contributed by atoms with Crippen LogP contribution in [0.4, 0.5) is 0 Å².